The third-order valence-electron chi connectivity index (χ3n) is 4.80. The Bertz CT molecular complexity index is 1070. The summed E-state index contributed by atoms with van der Waals surface area (Å²) in [5.41, 5.74) is 1.44. The molecule has 3 rings (SSSR count). The van der Waals surface area contributed by atoms with Crippen LogP contribution in [0.1, 0.15) is 39.2 Å². The number of amides is 1. The number of hydrogen-bond acceptors (Lipinski definition) is 2. The molecule has 5 heteroatoms. The SMILES string of the molecule is CC(C)NC(=O)C(c1ccc(-c2ccc3cccc(F)c3c2)[nH]c1=O)C(C)C. The van der Waals surface area contributed by atoms with Crippen LogP contribution < -0.4 is 10.9 Å². The van der Waals surface area contributed by atoms with Crippen LogP contribution in [0.2, 0.25) is 0 Å². The number of carbonyl (C=O) groups excluding carboxylic acids is 1. The summed E-state index contributed by atoms with van der Waals surface area (Å²) in [6.45, 7) is 7.62. The number of rotatable bonds is 5. The van der Waals surface area contributed by atoms with Crippen molar-refractivity contribution in [2.24, 2.45) is 5.92 Å². The lowest BCUT2D eigenvalue weighted by Gasteiger charge is -2.21. The third kappa shape index (κ3) is 3.98. The number of aromatic nitrogens is 1. The Morgan fingerprint density at radius 3 is 2.43 bits per heavy atom. The number of hydrogen-bond donors (Lipinski definition) is 2. The molecule has 1 unspecified atom stereocenters. The van der Waals surface area contributed by atoms with E-state index in [2.05, 4.69) is 10.3 Å². The zero-order valence-corrected chi connectivity index (χ0v) is 16.5. The van der Waals surface area contributed by atoms with E-state index >= 15 is 0 Å². The zero-order valence-electron chi connectivity index (χ0n) is 16.5. The summed E-state index contributed by atoms with van der Waals surface area (Å²) in [4.78, 5) is 28.2. The molecule has 0 aliphatic carbocycles. The first-order valence-corrected chi connectivity index (χ1v) is 9.50. The topological polar surface area (TPSA) is 62.0 Å². The molecule has 0 saturated heterocycles. The first-order chi connectivity index (χ1) is 13.3. The Labute approximate surface area is 163 Å². The Morgan fingerprint density at radius 2 is 1.79 bits per heavy atom. The normalized spacial score (nSPS) is 12.5. The van der Waals surface area contributed by atoms with Gasteiger partial charge in [0.2, 0.25) is 5.91 Å². The summed E-state index contributed by atoms with van der Waals surface area (Å²) < 4.78 is 14.1. The minimum Gasteiger partial charge on any atom is -0.353 e. The average molecular weight is 380 g/mol. The standard InChI is InChI=1S/C23H25FN2O2/c1-13(2)21(23(28)25-14(3)4)17-10-11-20(26-22(17)27)16-9-8-15-6-5-7-19(24)18(15)12-16/h5-14,21H,1-4H3,(H,25,28)(H,26,27). The number of fused-ring (bicyclic) bond motifs is 1. The van der Waals surface area contributed by atoms with Crippen LogP contribution in [0.15, 0.2) is 53.3 Å². The number of halogens is 1. The summed E-state index contributed by atoms with van der Waals surface area (Å²) >= 11 is 0. The van der Waals surface area contributed by atoms with Gasteiger partial charge in [0.15, 0.2) is 0 Å². The highest BCUT2D eigenvalue weighted by Crippen LogP contribution is 2.27. The van der Waals surface area contributed by atoms with E-state index in [0.29, 0.717) is 22.2 Å². The van der Waals surface area contributed by atoms with Crippen molar-refractivity contribution in [1.82, 2.24) is 10.3 Å². The van der Waals surface area contributed by atoms with Crippen LogP contribution in [0.5, 0.6) is 0 Å². The van der Waals surface area contributed by atoms with Gasteiger partial charge < -0.3 is 10.3 Å². The molecule has 1 atom stereocenters. The minimum absolute atomic E-state index is 0.000369. The van der Waals surface area contributed by atoms with E-state index < -0.39 is 5.92 Å². The lowest BCUT2D eigenvalue weighted by atomic mass is 9.88. The Balaban J connectivity index is 2.01. The van der Waals surface area contributed by atoms with Gasteiger partial charge in [-0.1, -0.05) is 44.2 Å². The van der Waals surface area contributed by atoms with Gasteiger partial charge in [-0.05, 0) is 48.9 Å². The lowest BCUT2D eigenvalue weighted by Crippen LogP contribution is -2.38. The molecule has 2 N–H and O–H groups in total. The molecule has 1 aromatic heterocycles. The first kappa shape index (κ1) is 19.8. The van der Waals surface area contributed by atoms with Crippen LogP contribution in [0.4, 0.5) is 4.39 Å². The summed E-state index contributed by atoms with van der Waals surface area (Å²) in [6, 6.07) is 13.8. The summed E-state index contributed by atoms with van der Waals surface area (Å²) in [5.74, 6) is -1.02. The molecule has 0 fully saturated rings. The first-order valence-electron chi connectivity index (χ1n) is 9.50. The highest BCUT2D eigenvalue weighted by atomic mass is 19.1. The molecule has 0 aliphatic rings. The molecule has 0 bridgehead atoms. The zero-order chi connectivity index (χ0) is 20.4. The highest BCUT2D eigenvalue weighted by molar-refractivity contribution is 5.87. The fraction of sp³-hybridized carbons (Fsp3) is 0.304. The average Bonchev–Trinajstić information content (AvgIpc) is 2.62. The summed E-state index contributed by atoms with van der Waals surface area (Å²) in [6.07, 6.45) is 0. The number of benzene rings is 2. The second-order valence-electron chi connectivity index (χ2n) is 7.72. The number of carbonyl (C=O) groups is 1. The predicted octanol–water partition coefficient (Wildman–Crippen LogP) is 4.60. The van der Waals surface area contributed by atoms with Crippen LogP contribution in [-0.2, 0) is 4.79 Å². The number of nitrogens with one attached hydrogen (secondary N) is 2. The molecule has 28 heavy (non-hydrogen) atoms. The molecule has 146 valence electrons. The molecule has 1 amide bonds. The van der Waals surface area contributed by atoms with Gasteiger partial charge in [-0.2, -0.15) is 0 Å². The number of aromatic amines is 1. The monoisotopic (exact) mass is 380 g/mol. The largest absolute Gasteiger partial charge is 0.353 e. The van der Waals surface area contributed by atoms with Gasteiger partial charge in [-0.3, -0.25) is 9.59 Å². The summed E-state index contributed by atoms with van der Waals surface area (Å²) in [7, 11) is 0. The van der Waals surface area contributed by atoms with Gasteiger partial charge in [0.25, 0.3) is 5.56 Å². The number of pyridine rings is 1. The van der Waals surface area contributed by atoms with Crippen LogP contribution in [0, 0.1) is 11.7 Å². The minimum atomic E-state index is -0.533. The van der Waals surface area contributed by atoms with Gasteiger partial charge in [-0.15, -0.1) is 0 Å². The van der Waals surface area contributed by atoms with Crippen LogP contribution in [0.25, 0.3) is 22.0 Å². The fourth-order valence-electron chi connectivity index (χ4n) is 3.48. The second kappa shape index (κ2) is 7.97. The highest BCUT2D eigenvalue weighted by Gasteiger charge is 2.27. The molecule has 2 aromatic carbocycles. The van der Waals surface area contributed by atoms with Gasteiger partial charge >= 0.3 is 0 Å². The molecule has 3 aromatic rings. The second-order valence-corrected chi connectivity index (χ2v) is 7.72. The molecular formula is C23H25FN2O2. The van der Waals surface area contributed by atoms with Crippen LogP contribution >= 0.6 is 0 Å². The maximum Gasteiger partial charge on any atom is 0.252 e. The van der Waals surface area contributed by atoms with Crippen LogP contribution in [0.3, 0.4) is 0 Å². The smallest absolute Gasteiger partial charge is 0.252 e. The number of H-pyrrole nitrogens is 1. The summed E-state index contributed by atoms with van der Waals surface area (Å²) in [5, 5.41) is 4.19. The van der Waals surface area contributed by atoms with Gasteiger partial charge in [0.05, 0.1) is 5.92 Å². The van der Waals surface area contributed by atoms with E-state index in [9.17, 15) is 14.0 Å². The molecule has 1 heterocycles. The van der Waals surface area contributed by atoms with Crippen molar-refractivity contribution in [3.63, 3.8) is 0 Å². The van der Waals surface area contributed by atoms with E-state index in [1.165, 1.54) is 6.07 Å². The lowest BCUT2D eigenvalue weighted by molar-refractivity contribution is -0.124. The van der Waals surface area contributed by atoms with Crippen LogP contribution in [-0.4, -0.2) is 16.9 Å². The van der Waals surface area contributed by atoms with Crippen molar-refractivity contribution >= 4 is 16.7 Å². The van der Waals surface area contributed by atoms with Crippen molar-refractivity contribution in [2.75, 3.05) is 0 Å². The molecule has 0 radical (unpaired) electrons. The molecular weight excluding hydrogens is 355 g/mol. The van der Waals surface area contributed by atoms with E-state index in [1.807, 2.05) is 45.9 Å². The maximum absolute atomic E-state index is 14.1. The van der Waals surface area contributed by atoms with E-state index in [-0.39, 0.29) is 29.2 Å². The van der Waals surface area contributed by atoms with Gasteiger partial charge in [-0.25, -0.2) is 4.39 Å². The van der Waals surface area contributed by atoms with Crippen molar-refractivity contribution in [2.45, 2.75) is 39.7 Å². The van der Waals surface area contributed by atoms with Crippen molar-refractivity contribution in [1.29, 1.82) is 0 Å². The van der Waals surface area contributed by atoms with Gasteiger partial charge in [0, 0.05) is 22.7 Å². The quantitative estimate of drug-likeness (QED) is 0.680. The van der Waals surface area contributed by atoms with E-state index in [4.69, 9.17) is 0 Å². The van der Waals surface area contributed by atoms with E-state index in [1.54, 1.807) is 24.3 Å². The van der Waals surface area contributed by atoms with Crippen molar-refractivity contribution < 1.29 is 9.18 Å². The van der Waals surface area contributed by atoms with Crippen molar-refractivity contribution in [3.8, 4) is 11.3 Å². The fourth-order valence-corrected chi connectivity index (χ4v) is 3.48. The van der Waals surface area contributed by atoms with Gasteiger partial charge in [0.1, 0.15) is 5.82 Å². The van der Waals surface area contributed by atoms with Crippen molar-refractivity contribution in [3.05, 3.63) is 70.3 Å². The van der Waals surface area contributed by atoms with E-state index in [0.717, 1.165) is 5.39 Å². The molecule has 4 nitrogen and oxygen atoms in total. The molecule has 0 saturated carbocycles. The third-order valence-corrected chi connectivity index (χ3v) is 4.80. The predicted molar refractivity (Wildman–Crippen MR) is 111 cm³/mol. The maximum atomic E-state index is 14.1. The molecule has 0 spiro atoms. The Kier molecular flexibility index (Phi) is 5.63. The Hall–Kier alpha value is -2.95. The Morgan fingerprint density at radius 1 is 1.04 bits per heavy atom. The molecule has 0 aliphatic heterocycles.